The molecule has 0 fully saturated rings. The van der Waals surface area contributed by atoms with E-state index >= 15 is 0 Å². The highest BCUT2D eigenvalue weighted by atomic mass is 16.5. The molecule has 6 heteroatoms. The average molecular weight is 326 g/mol. The molecule has 1 aromatic heterocycles. The Hall–Kier alpha value is -3.28. The topological polar surface area (TPSA) is 86.0 Å². The van der Waals surface area contributed by atoms with Gasteiger partial charge in [0.1, 0.15) is 0 Å². The molecule has 0 aliphatic heterocycles. The largest absolute Gasteiger partial charge is 0.502 e. The molecule has 0 aliphatic carbocycles. The van der Waals surface area contributed by atoms with E-state index in [2.05, 4.69) is 0 Å². The first kappa shape index (κ1) is 15.6. The van der Waals surface area contributed by atoms with Gasteiger partial charge in [-0.2, -0.15) is 0 Å². The minimum atomic E-state index is -0.672. The maximum Gasteiger partial charge on any atom is 0.235 e. The molecule has 3 rings (SSSR count). The van der Waals surface area contributed by atoms with Crippen LogP contribution in [0.3, 0.4) is 0 Å². The van der Waals surface area contributed by atoms with Crippen molar-refractivity contribution in [3.63, 3.8) is 0 Å². The van der Waals surface area contributed by atoms with Gasteiger partial charge in [0, 0.05) is 5.56 Å². The van der Waals surface area contributed by atoms with E-state index in [1.807, 2.05) is 0 Å². The van der Waals surface area contributed by atoms with Crippen LogP contribution in [0.25, 0.3) is 22.3 Å². The maximum absolute atomic E-state index is 12.4. The highest BCUT2D eigenvalue weighted by Gasteiger charge is 2.17. The first-order valence-corrected chi connectivity index (χ1v) is 7.08. The third-order valence-electron chi connectivity index (χ3n) is 3.61. The van der Waals surface area contributed by atoms with Crippen molar-refractivity contribution in [3.05, 3.63) is 62.9 Å². The van der Waals surface area contributed by atoms with Gasteiger partial charge in [0.15, 0.2) is 22.8 Å². The molecule has 3 aromatic rings. The molecule has 0 bridgehead atoms. The lowest BCUT2D eigenvalue weighted by Crippen LogP contribution is -2.06. The van der Waals surface area contributed by atoms with Crippen LogP contribution in [0.1, 0.15) is 0 Å². The third-order valence-corrected chi connectivity index (χ3v) is 3.61. The predicted molar refractivity (Wildman–Crippen MR) is 89.0 cm³/mol. The third kappa shape index (κ3) is 2.48. The van der Waals surface area contributed by atoms with Gasteiger partial charge in [-0.15, -0.1) is 0 Å². The molecular weight excluding hydrogens is 312 g/mol. The van der Waals surface area contributed by atoms with Crippen LogP contribution >= 0.6 is 0 Å². The molecule has 0 atom stereocenters. The van der Waals surface area contributed by atoms with Gasteiger partial charge in [-0.1, -0.05) is 12.1 Å². The molecule has 2 aromatic carbocycles. The Bertz CT molecular complexity index is 1040. The standard InChI is InChI=1S/C18H14O6/c1-22-13-8-7-10(9-14(13)23-2)17-16(21)15(20)11-5-3-4-6-12(19)18(11)24-17/h3-9,21H,1-2H3. The van der Waals surface area contributed by atoms with Crippen LogP contribution in [0.2, 0.25) is 0 Å². The molecule has 0 unspecified atom stereocenters. The molecule has 24 heavy (non-hydrogen) atoms. The summed E-state index contributed by atoms with van der Waals surface area (Å²) in [7, 11) is 2.96. The Balaban J connectivity index is 2.36. The summed E-state index contributed by atoms with van der Waals surface area (Å²) >= 11 is 0. The zero-order valence-corrected chi connectivity index (χ0v) is 13.0. The Morgan fingerprint density at radius 3 is 2.38 bits per heavy atom. The molecule has 0 radical (unpaired) electrons. The number of methoxy groups -OCH3 is 2. The van der Waals surface area contributed by atoms with Gasteiger partial charge in [-0.3, -0.25) is 9.59 Å². The smallest absolute Gasteiger partial charge is 0.235 e. The second-order valence-electron chi connectivity index (χ2n) is 5.00. The summed E-state index contributed by atoms with van der Waals surface area (Å²) in [6.45, 7) is 0. The van der Waals surface area contributed by atoms with E-state index in [1.54, 1.807) is 18.2 Å². The monoisotopic (exact) mass is 326 g/mol. The molecule has 0 spiro atoms. The Morgan fingerprint density at radius 2 is 1.67 bits per heavy atom. The lowest BCUT2D eigenvalue weighted by atomic mass is 10.1. The predicted octanol–water partition coefficient (Wildman–Crippen LogP) is 2.54. The first-order valence-electron chi connectivity index (χ1n) is 7.08. The number of hydrogen-bond acceptors (Lipinski definition) is 6. The van der Waals surface area contributed by atoms with Gasteiger partial charge in [0.05, 0.1) is 19.6 Å². The minimum Gasteiger partial charge on any atom is -0.502 e. The van der Waals surface area contributed by atoms with E-state index in [0.29, 0.717) is 17.1 Å². The van der Waals surface area contributed by atoms with Crippen molar-refractivity contribution in [1.29, 1.82) is 0 Å². The first-order chi connectivity index (χ1) is 11.6. The lowest BCUT2D eigenvalue weighted by Gasteiger charge is -2.10. The van der Waals surface area contributed by atoms with Crippen LogP contribution in [-0.4, -0.2) is 19.3 Å². The summed E-state index contributed by atoms with van der Waals surface area (Å²) in [5.74, 6) is 0.218. The van der Waals surface area contributed by atoms with Crippen molar-refractivity contribution in [2.45, 2.75) is 0 Å². The van der Waals surface area contributed by atoms with Gasteiger partial charge in [-0.25, -0.2) is 0 Å². The van der Waals surface area contributed by atoms with E-state index in [4.69, 9.17) is 13.9 Å². The summed E-state index contributed by atoms with van der Waals surface area (Å²) in [5, 5.41) is 10.3. The number of hydrogen-bond donors (Lipinski definition) is 1. The summed E-state index contributed by atoms with van der Waals surface area (Å²) in [5.41, 5.74) is -0.856. The molecule has 1 N–H and O–H groups in total. The fraction of sp³-hybridized carbons (Fsp3) is 0.111. The fourth-order valence-electron chi connectivity index (χ4n) is 2.42. The molecule has 0 saturated heterocycles. The Kier molecular flexibility index (Phi) is 3.95. The van der Waals surface area contributed by atoms with Gasteiger partial charge < -0.3 is 19.0 Å². The molecule has 122 valence electrons. The summed E-state index contributed by atoms with van der Waals surface area (Å²) in [6, 6.07) is 10.5. The number of aromatic hydroxyl groups is 1. The number of fused-ring (bicyclic) bond motifs is 1. The Labute approximate surface area is 136 Å². The summed E-state index contributed by atoms with van der Waals surface area (Å²) in [6.07, 6.45) is 0. The zero-order chi connectivity index (χ0) is 17.3. The van der Waals surface area contributed by atoms with Crippen LogP contribution in [0, 0.1) is 0 Å². The SMILES string of the molecule is COc1ccc(-c2oc3c(=O)ccccc3c(=O)c2O)cc1OC. The van der Waals surface area contributed by atoms with Crippen LogP contribution in [0.15, 0.2) is 56.5 Å². The molecule has 0 saturated carbocycles. The number of benzene rings is 1. The van der Waals surface area contributed by atoms with E-state index in [9.17, 15) is 14.7 Å². The normalized spacial score (nSPS) is 10.6. The lowest BCUT2D eigenvalue weighted by molar-refractivity contribution is 0.355. The average Bonchev–Trinajstić information content (AvgIpc) is 2.79. The summed E-state index contributed by atoms with van der Waals surface area (Å²) < 4.78 is 15.9. The quantitative estimate of drug-likeness (QED) is 0.796. The van der Waals surface area contributed by atoms with Crippen LogP contribution in [0.4, 0.5) is 0 Å². The highest BCUT2D eigenvalue weighted by Crippen LogP contribution is 2.35. The number of ether oxygens (including phenoxy) is 2. The Morgan fingerprint density at radius 1 is 0.958 bits per heavy atom. The van der Waals surface area contributed by atoms with Crippen molar-refractivity contribution < 1.29 is 19.0 Å². The molecule has 6 nitrogen and oxygen atoms in total. The van der Waals surface area contributed by atoms with Crippen LogP contribution < -0.4 is 20.3 Å². The minimum absolute atomic E-state index is 0.0201. The maximum atomic E-state index is 12.4. The van der Waals surface area contributed by atoms with Crippen LogP contribution in [-0.2, 0) is 0 Å². The van der Waals surface area contributed by atoms with Crippen molar-refractivity contribution >= 4 is 11.0 Å². The molecule has 0 amide bonds. The van der Waals surface area contributed by atoms with Crippen LogP contribution in [0.5, 0.6) is 17.2 Å². The molecule has 1 heterocycles. The zero-order valence-electron chi connectivity index (χ0n) is 13.0. The van der Waals surface area contributed by atoms with Crippen molar-refractivity contribution in [2.75, 3.05) is 14.2 Å². The van der Waals surface area contributed by atoms with E-state index in [-0.39, 0.29) is 16.7 Å². The van der Waals surface area contributed by atoms with E-state index < -0.39 is 16.6 Å². The highest BCUT2D eigenvalue weighted by molar-refractivity contribution is 5.81. The second kappa shape index (κ2) is 6.08. The van der Waals surface area contributed by atoms with E-state index in [0.717, 1.165) is 0 Å². The summed E-state index contributed by atoms with van der Waals surface area (Å²) in [4.78, 5) is 24.5. The van der Waals surface area contributed by atoms with Crippen molar-refractivity contribution in [3.8, 4) is 28.6 Å². The van der Waals surface area contributed by atoms with Gasteiger partial charge >= 0.3 is 0 Å². The van der Waals surface area contributed by atoms with Gasteiger partial charge in [0.2, 0.25) is 16.6 Å². The van der Waals surface area contributed by atoms with Gasteiger partial charge in [0.25, 0.3) is 0 Å². The second-order valence-corrected chi connectivity index (χ2v) is 5.00. The van der Waals surface area contributed by atoms with E-state index in [1.165, 1.54) is 38.5 Å². The van der Waals surface area contributed by atoms with Gasteiger partial charge in [-0.05, 0) is 30.3 Å². The number of rotatable bonds is 3. The fourth-order valence-corrected chi connectivity index (χ4v) is 2.42. The van der Waals surface area contributed by atoms with Crippen molar-refractivity contribution in [1.82, 2.24) is 0 Å². The molecular formula is C18H14O6. The molecule has 0 aliphatic rings. The van der Waals surface area contributed by atoms with Crippen molar-refractivity contribution in [2.24, 2.45) is 0 Å².